The zero-order valence-corrected chi connectivity index (χ0v) is 12.0. The van der Waals surface area contributed by atoms with Crippen LogP contribution in [0.1, 0.15) is 31.2 Å². The molecule has 102 valence electrons. The van der Waals surface area contributed by atoms with Crippen molar-refractivity contribution in [2.24, 2.45) is 5.41 Å². The number of aromatic nitrogens is 4. The molecule has 0 spiro atoms. The molecule has 0 unspecified atom stereocenters. The van der Waals surface area contributed by atoms with Crippen LogP contribution in [0.5, 0.6) is 0 Å². The minimum Gasteiger partial charge on any atom is -0.359 e. The average molecular weight is 277 g/mol. The SMILES string of the molecule is CCCc1nnc(NCC2(Cn3cccn3)CC2)s1. The molecule has 2 aromatic rings. The first-order chi connectivity index (χ1) is 9.30. The lowest BCUT2D eigenvalue weighted by atomic mass is 10.1. The standard InChI is InChI=1S/C13H19N5S/c1-2-4-11-16-17-12(19-11)14-9-13(5-6-13)10-18-8-3-7-15-18/h3,7-8H,2,4-6,9-10H2,1H3,(H,14,17). The summed E-state index contributed by atoms with van der Waals surface area (Å²) in [5, 5.41) is 18.2. The Kier molecular flexibility index (Phi) is 3.50. The van der Waals surface area contributed by atoms with Gasteiger partial charge in [-0.05, 0) is 25.3 Å². The van der Waals surface area contributed by atoms with E-state index < -0.39 is 0 Å². The van der Waals surface area contributed by atoms with E-state index in [4.69, 9.17) is 0 Å². The predicted molar refractivity (Wildman–Crippen MR) is 76.3 cm³/mol. The maximum atomic E-state index is 4.29. The van der Waals surface area contributed by atoms with Gasteiger partial charge in [-0.1, -0.05) is 18.3 Å². The molecule has 1 aliphatic carbocycles. The van der Waals surface area contributed by atoms with Gasteiger partial charge in [0, 0.05) is 37.3 Å². The summed E-state index contributed by atoms with van der Waals surface area (Å²) < 4.78 is 2.03. The average Bonchev–Trinajstić information content (AvgIpc) is 2.80. The third-order valence-corrected chi connectivity index (χ3v) is 4.50. The van der Waals surface area contributed by atoms with Crippen LogP contribution in [0, 0.1) is 5.41 Å². The van der Waals surface area contributed by atoms with Gasteiger partial charge >= 0.3 is 0 Å². The highest BCUT2D eigenvalue weighted by Crippen LogP contribution is 2.47. The third kappa shape index (κ3) is 3.12. The molecule has 0 amide bonds. The Morgan fingerprint density at radius 3 is 3.00 bits per heavy atom. The summed E-state index contributed by atoms with van der Waals surface area (Å²) >= 11 is 1.68. The molecule has 0 aromatic carbocycles. The van der Waals surface area contributed by atoms with Gasteiger partial charge in [0.05, 0.1) is 0 Å². The van der Waals surface area contributed by atoms with Gasteiger partial charge in [0.15, 0.2) is 0 Å². The minimum absolute atomic E-state index is 0.364. The van der Waals surface area contributed by atoms with E-state index in [0.29, 0.717) is 5.41 Å². The molecule has 0 aliphatic heterocycles. The van der Waals surface area contributed by atoms with Gasteiger partial charge in [0.1, 0.15) is 5.01 Å². The van der Waals surface area contributed by atoms with Crippen LogP contribution in [-0.2, 0) is 13.0 Å². The number of hydrogen-bond donors (Lipinski definition) is 1. The highest BCUT2D eigenvalue weighted by molar-refractivity contribution is 7.15. The Morgan fingerprint density at radius 1 is 1.42 bits per heavy atom. The Balaban J connectivity index is 1.53. The molecule has 1 fully saturated rings. The molecule has 2 heterocycles. The van der Waals surface area contributed by atoms with E-state index in [1.165, 1.54) is 12.8 Å². The number of nitrogens with one attached hydrogen (secondary N) is 1. The maximum absolute atomic E-state index is 4.29. The van der Waals surface area contributed by atoms with E-state index in [9.17, 15) is 0 Å². The quantitative estimate of drug-likeness (QED) is 0.845. The van der Waals surface area contributed by atoms with Crippen LogP contribution in [0.3, 0.4) is 0 Å². The van der Waals surface area contributed by atoms with Crippen molar-refractivity contribution in [2.75, 3.05) is 11.9 Å². The highest BCUT2D eigenvalue weighted by Gasteiger charge is 2.43. The molecule has 1 aliphatic rings. The first-order valence-corrected chi connectivity index (χ1v) is 7.65. The zero-order chi connectivity index (χ0) is 13.1. The van der Waals surface area contributed by atoms with Gasteiger partial charge in [-0.25, -0.2) is 0 Å². The van der Waals surface area contributed by atoms with E-state index in [-0.39, 0.29) is 0 Å². The van der Waals surface area contributed by atoms with Crippen LogP contribution in [-0.4, -0.2) is 26.5 Å². The molecular formula is C13H19N5S. The fourth-order valence-electron chi connectivity index (χ4n) is 2.21. The number of anilines is 1. The minimum atomic E-state index is 0.364. The van der Waals surface area contributed by atoms with E-state index >= 15 is 0 Å². The van der Waals surface area contributed by atoms with Gasteiger partial charge in [0.2, 0.25) is 5.13 Å². The van der Waals surface area contributed by atoms with Crippen molar-refractivity contribution in [1.29, 1.82) is 0 Å². The second-order valence-corrected chi connectivity index (χ2v) is 6.37. The summed E-state index contributed by atoms with van der Waals surface area (Å²) in [7, 11) is 0. The normalized spacial score (nSPS) is 16.5. The second-order valence-electron chi connectivity index (χ2n) is 5.31. The molecular weight excluding hydrogens is 258 g/mol. The molecule has 2 aromatic heterocycles. The van der Waals surface area contributed by atoms with E-state index in [1.807, 2.05) is 23.1 Å². The molecule has 1 saturated carbocycles. The van der Waals surface area contributed by atoms with Gasteiger partial charge < -0.3 is 5.32 Å². The van der Waals surface area contributed by atoms with Gasteiger partial charge in [0.25, 0.3) is 0 Å². The third-order valence-electron chi connectivity index (χ3n) is 3.56. The largest absolute Gasteiger partial charge is 0.359 e. The lowest BCUT2D eigenvalue weighted by Gasteiger charge is -2.15. The molecule has 0 bridgehead atoms. The van der Waals surface area contributed by atoms with Gasteiger partial charge in [-0.2, -0.15) is 5.10 Å². The number of hydrogen-bond acceptors (Lipinski definition) is 5. The Bertz CT molecular complexity index is 515. The number of rotatable bonds is 7. The smallest absolute Gasteiger partial charge is 0.205 e. The van der Waals surface area contributed by atoms with Crippen molar-refractivity contribution in [2.45, 2.75) is 39.2 Å². The summed E-state index contributed by atoms with van der Waals surface area (Å²) in [4.78, 5) is 0. The highest BCUT2D eigenvalue weighted by atomic mass is 32.1. The monoisotopic (exact) mass is 277 g/mol. The van der Waals surface area contributed by atoms with Crippen LogP contribution >= 0.6 is 11.3 Å². The van der Waals surface area contributed by atoms with Crippen LogP contribution in [0.2, 0.25) is 0 Å². The van der Waals surface area contributed by atoms with E-state index in [1.54, 1.807) is 11.3 Å². The predicted octanol–water partition coefficient (Wildman–Crippen LogP) is 2.58. The van der Waals surface area contributed by atoms with Crippen LogP contribution < -0.4 is 5.32 Å². The van der Waals surface area contributed by atoms with E-state index in [0.717, 1.165) is 36.1 Å². The van der Waals surface area contributed by atoms with Crippen molar-refractivity contribution < 1.29 is 0 Å². The topological polar surface area (TPSA) is 55.6 Å². The summed E-state index contributed by atoms with van der Waals surface area (Å²) in [5.41, 5.74) is 0.364. The van der Waals surface area contributed by atoms with Crippen LogP contribution in [0.4, 0.5) is 5.13 Å². The van der Waals surface area contributed by atoms with Crippen molar-refractivity contribution >= 4 is 16.5 Å². The molecule has 5 nitrogen and oxygen atoms in total. The van der Waals surface area contributed by atoms with Gasteiger partial charge in [-0.15, -0.1) is 10.2 Å². The lowest BCUT2D eigenvalue weighted by Crippen LogP contribution is -2.21. The van der Waals surface area contributed by atoms with Gasteiger partial charge in [-0.3, -0.25) is 4.68 Å². The summed E-state index contributed by atoms with van der Waals surface area (Å²) in [6, 6.07) is 1.98. The van der Waals surface area contributed by atoms with Crippen molar-refractivity contribution in [3.63, 3.8) is 0 Å². The molecule has 19 heavy (non-hydrogen) atoms. The Morgan fingerprint density at radius 2 is 2.32 bits per heavy atom. The first-order valence-electron chi connectivity index (χ1n) is 6.83. The van der Waals surface area contributed by atoms with Crippen molar-refractivity contribution in [1.82, 2.24) is 20.0 Å². The fourth-order valence-corrected chi connectivity index (χ4v) is 3.05. The maximum Gasteiger partial charge on any atom is 0.205 e. The van der Waals surface area contributed by atoms with Crippen molar-refractivity contribution in [3.8, 4) is 0 Å². The second kappa shape index (κ2) is 5.28. The summed E-state index contributed by atoms with van der Waals surface area (Å²) in [6.07, 6.45) is 8.55. The molecule has 0 radical (unpaired) electrons. The van der Waals surface area contributed by atoms with E-state index in [2.05, 4.69) is 27.5 Å². The first kappa shape index (κ1) is 12.6. The zero-order valence-electron chi connectivity index (χ0n) is 11.2. The summed E-state index contributed by atoms with van der Waals surface area (Å²) in [5.74, 6) is 0. The summed E-state index contributed by atoms with van der Waals surface area (Å²) in [6.45, 7) is 4.12. The van der Waals surface area contributed by atoms with Crippen molar-refractivity contribution in [3.05, 3.63) is 23.5 Å². The fraction of sp³-hybridized carbons (Fsp3) is 0.615. The molecule has 6 heteroatoms. The lowest BCUT2D eigenvalue weighted by molar-refractivity contribution is 0.416. The molecule has 3 rings (SSSR count). The Labute approximate surface area is 117 Å². The molecule has 1 N–H and O–H groups in total. The molecule has 0 saturated heterocycles. The Hall–Kier alpha value is -1.43. The number of aryl methyl sites for hydroxylation is 1. The van der Waals surface area contributed by atoms with Crippen LogP contribution in [0.25, 0.3) is 0 Å². The van der Waals surface area contributed by atoms with Crippen LogP contribution in [0.15, 0.2) is 18.5 Å². The molecule has 0 atom stereocenters. The number of nitrogens with zero attached hydrogens (tertiary/aromatic N) is 4.